The molecule has 1 aromatic rings. The summed E-state index contributed by atoms with van der Waals surface area (Å²) in [5, 5.41) is 9.58. The van der Waals surface area contributed by atoms with Crippen LogP contribution in [0.3, 0.4) is 0 Å². The molecule has 0 aromatic carbocycles. The van der Waals surface area contributed by atoms with Crippen LogP contribution in [0, 0.1) is 0 Å². The number of rotatable bonds is 2. The Hall–Kier alpha value is -0.760. The summed E-state index contributed by atoms with van der Waals surface area (Å²) in [5.74, 6) is 0. The summed E-state index contributed by atoms with van der Waals surface area (Å²) < 4.78 is 27.8. The van der Waals surface area contributed by atoms with Crippen LogP contribution in [0.5, 0.6) is 0 Å². The monoisotopic (exact) mass is 264 g/mol. The van der Waals surface area contributed by atoms with Gasteiger partial charge in [0, 0.05) is 18.0 Å². The molecule has 2 heterocycles. The van der Waals surface area contributed by atoms with Crippen LogP contribution in [0.4, 0.5) is 0 Å². The highest BCUT2D eigenvalue weighted by Crippen LogP contribution is 2.32. The Bertz CT molecular complexity index is 527. The molecule has 0 saturated carbocycles. The summed E-state index contributed by atoms with van der Waals surface area (Å²) in [7, 11) is -3.57. The van der Waals surface area contributed by atoms with Crippen LogP contribution in [0.1, 0.15) is 5.56 Å². The summed E-state index contributed by atoms with van der Waals surface area (Å²) in [6, 6.07) is 0. The van der Waals surface area contributed by atoms with E-state index in [-0.39, 0.29) is 29.1 Å². The van der Waals surface area contributed by atoms with E-state index in [1.165, 1.54) is 6.20 Å². The highest BCUT2D eigenvalue weighted by Gasteiger charge is 2.42. The molecule has 8 heteroatoms. The zero-order valence-electron chi connectivity index (χ0n) is 8.34. The Morgan fingerprint density at radius 3 is 2.62 bits per heavy atom. The van der Waals surface area contributed by atoms with E-state index >= 15 is 0 Å². The van der Waals surface area contributed by atoms with E-state index in [2.05, 4.69) is 9.97 Å². The third kappa shape index (κ3) is 1.91. The number of sulfone groups is 1. The smallest absolute Gasteiger partial charge is 0.223 e. The summed E-state index contributed by atoms with van der Waals surface area (Å²) in [5.41, 5.74) is -1.20. The fourth-order valence-corrected chi connectivity index (χ4v) is 2.48. The second-order valence-electron chi connectivity index (χ2n) is 3.65. The first-order valence-electron chi connectivity index (χ1n) is 4.36. The lowest BCUT2D eigenvalue weighted by Crippen LogP contribution is -2.47. The molecule has 1 saturated heterocycles. The van der Waals surface area contributed by atoms with Gasteiger partial charge >= 0.3 is 0 Å². The van der Waals surface area contributed by atoms with Gasteiger partial charge in [0.1, 0.15) is 5.60 Å². The van der Waals surface area contributed by atoms with Crippen molar-refractivity contribution < 1.29 is 18.3 Å². The molecule has 1 N–H and O–H groups in total. The molecule has 0 amide bonds. The lowest BCUT2D eigenvalue weighted by molar-refractivity contribution is -0.186. The molecular weight excluding hydrogens is 256 g/mol. The molecule has 1 aliphatic rings. The molecule has 0 unspecified atom stereocenters. The quantitative estimate of drug-likeness (QED) is 0.585. The number of nitrogens with zero attached hydrogens (tertiary/aromatic N) is 2. The number of hydrogen-bond acceptors (Lipinski definition) is 6. The van der Waals surface area contributed by atoms with E-state index in [1.54, 1.807) is 0 Å². The van der Waals surface area contributed by atoms with Crippen LogP contribution < -0.4 is 0 Å². The van der Waals surface area contributed by atoms with E-state index in [0.717, 1.165) is 6.26 Å². The molecule has 0 aliphatic carbocycles. The van der Waals surface area contributed by atoms with Crippen molar-refractivity contribution >= 4 is 21.4 Å². The van der Waals surface area contributed by atoms with Gasteiger partial charge in [0.05, 0.1) is 13.2 Å². The molecule has 0 bridgehead atoms. The molecule has 6 nitrogen and oxygen atoms in total. The number of hydrogen-bond donors (Lipinski definition) is 1. The first kappa shape index (κ1) is 11.7. The van der Waals surface area contributed by atoms with Gasteiger partial charge in [-0.15, -0.1) is 0 Å². The highest BCUT2D eigenvalue weighted by atomic mass is 35.5. The lowest BCUT2D eigenvalue weighted by atomic mass is 9.95. The fraction of sp³-hybridized carbons (Fsp3) is 0.500. The van der Waals surface area contributed by atoms with Crippen molar-refractivity contribution in [2.24, 2.45) is 0 Å². The molecule has 16 heavy (non-hydrogen) atoms. The number of aromatic nitrogens is 2. The highest BCUT2D eigenvalue weighted by molar-refractivity contribution is 7.90. The summed E-state index contributed by atoms with van der Waals surface area (Å²) in [4.78, 5) is 7.32. The Morgan fingerprint density at radius 1 is 1.56 bits per heavy atom. The predicted octanol–water partition coefficient (Wildman–Crippen LogP) is -0.249. The average molecular weight is 265 g/mol. The van der Waals surface area contributed by atoms with Crippen molar-refractivity contribution in [3.63, 3.8) is 0 Å². The third-order valence-corrected chi connectivity index (χ3v) is 3.45. The van der Waals surface area contributed by atoms with Crippen LogP contribution in [0.25, 0.3) is 0 Å². The van der Waals surface area contributed by atoms with Crippen molar-refractivity contribution in [2.45, 2.75) is 10.6 Å². The molecule has 88 valence electrons. The van der Waals surface area contributed by atoms with Crippen LogP contribution >= 0.6 is 11.6 Å². The topological polar surface area (TPSA) is 89.4 Å². The van der Waals surface area contributed by atoms with E-state index in [1.807, 2.05) is 0 Å². The summed E-state index contributed by atoms with van der Waals surface area (Å²) in [6.45, 7) is 0.0566. The summed E-state index contributed by atoms with van der Waals surface area (Å²) >= 11 is 5.53. The van der Waals surface area contributed by atoms with Crippen molar-refractivity contribution in [1.82, 2.24) is 9.97 Å². The molecule has 1 aromatic heterocycles. The molecule has 0 atom stereocenters. The Labute approximate surface area is 97.2 Å². The van der Waals surface area contributed by atoms with Crippen molar-refractivity contribution in [3.8, 4) is 0 Å². The normalized spacial score (nSPS) is 19.2. The van der Waals surface area contributed by atoms with Gasteiger partial charge < -0.3 is 9.84 Å². The minimum Gasteiger partial charge on any atom is -0.380 e. The SMILES string of the molecule is CS(=O)(=O)c1nc(Cl)ncc1C1(O)COC1. The van der Waals surface area contributed by atoms with E-state index < -0.39 is 15.4 Å². The second-order valence-corrected chi connectivity index (χ2v) is 5.92. The first-order chi connectivity index (χ1) is 7.33. The Morgan fingerprint density at radius 2 is 2.19 bits per heavy atom. The van der Waals surface area contributed by atoms with Crippen LogP contribution in [0.2, 0.25) is 5.28 Å². The van der Waals surface area contributed by atoms with Gasteiger partial charge in [-0.3, -0.25) is 0 Å². The molecule has 2 rings (SSSR count). The van der Waals surface area contributed by atoms with Gasteiger partial charge in [0.15, 0.2) is 14.9 Å². The maximum atomic E-state index is 11.5. The van der Waals surface area contributed by atoms with Crippen molar-refractivity contribution in [1.29, 1.82) is 0 Å². The molecule has 0 spiro atoms. The zero-order valence-corrected chi connectivity index (χ0v) is 9.92. The zero-order chi connectivity index (χ0) is 12.0. The fourth-order valence-electron chi connectivity index (χ4n) is 1.40. The largest absolute Gasteiger partial charge is 0.380 e. The van der Waals surface area contributed by atoms with Gasteiger partial charge in [0.2, 0.25) is 5.28 Å². The molecule has 0 radical (unpaired) electrons. The molecular formula is C8H9ClN2O4S. The molecule has 1 aliphatic heterocycles. The number of ether oxygens (including phenoxy) is 1. The minimum absolute atomic E-state index is 0.0283. The van der Waals surface area contributed by atoms with Gasteiger partial charge in [-0.1, -0.05) is 0 Å². The first-order valence-corrected chi connectivity index (χ1v) is 6.63. The van der Waals surface area contributed by atoms with Gasteiger partial charge in [-0.2, -0.15) is 0 Å². The Balaban J connectivity index is 2.62. The van der Waals surface area contributed by atoms with Crippen molar-refractivity contribution in [3.05, 3.63) is 17.0 Å². The van der Waals surface area contributed by atoms with E-state index in [0.29, 0.717) is 0 Å². The standard InChI is InChI=1S/C8H9ClN2O4S/c1-16(13,14)6-5(2-10-7(9)11-6)8(12)3-15-4-8/h2,12H,3-4H2,1H3. The van der Waals surface area contributed by atoms with Crippen LogP contribution in [0.15, 0.2) is 11.2 Å². The summed E-state index contributed by atoms with van der Waals surface area (Å²) in [6.07, 6.45) is 2.21. The van der Waals surface area contributed by atoms with E-state index in [4.69, 9.17) is 16.3 Å². The lowest BCUT2D eigenvalue weighted by Gasteiger charge is -2.36. The predicted molar refractivity (Wildman–Crippen MR) is 54.9 cm³/mol. The van der Waals surface area contributed by atoms with Crippen LogP contribution in [-0.4, -0.2) is 43.0 Å². The maximum absolute atomic E-state index is 11.5. The number of halogens is 1. The average Bonchev–Trinajstić information content (AvgIpc) is 2.13. The Kier molecular flexibility index (Phi) is 2.66. The molecule has 1 fully saturated rings. The van der Waals surface area contributed by atoms with Gasteiger partial charge in [0.25, 0.3) is 0 Å². The van der Waals surface area contributed by atoms with E-state index in [9.17, 15) is 13.5 Å². The number of aliphatic hydroxyl groups is 1. The van der Waals surface area contributed by atoms with Gasteiger partial charge in [-0.25, -0.2) is 18.4 Å². The second kappa shape index (κ2) is 3.63. The van der Waals surface area contributed by atoms with Crippen LogP contribution in [-0.2, 0) is 20.2 Å². The third-order valence-electron chi connectivity index (χ3n) is 2.26. The minimum atomic E-state index is -3.57. The van der Waals surface area contributed by atoms with Crippen molar-refractivity contribution in [2.75, 3.05) is 19.5 Å². The maximum Gasteiger partial charge on any atom is 0.223 e. The van der Waals surface area contributed by atoms with Gasteiger partial charge in [-0.05, 0) is 11.6 Å².